The van der Waals surface area contributed by atoms with Gasteiger partial charge in [-0.25, -0.2) is 8.42 Å². The molecule has 0 amide bonds. The van der Waals surface area contributed by atoms with Crippen molar-refractivity contribution in [1.82, 2.24) is 0 Å². The first-order valence-electron chi connectivity index (χ1n) is 4.37. The predicted octanol–water partition coefficient (Wildman–Crippen LogP) is 0.689. The maximum absolute atomic E-state index is 12.4. The molecule has 0 saturated carbocycles. The molecule has 102 valence electrons. The van der Waals surface area contributed by atoms with E-state index in [-0.39, 0.29) is 11.5 Å². The molecular formula is C7H13F3N2O3S2. The van der Waals surface area contributed by atoms with Crippen LogP contribution < -0.4 is 5.73 Å². The number of oxime groups is 1. The van der Waals surface area contributed by atoms with Gasteiger partial charge < -0.3 is 10.9 Å². The van der Waals surface area contributed by atoms with Gasteiger partial charge in [0.15, 0.2) is 5.84 Å². The van der Waals surface area contributed by atoms with Crippen LogP contribution in [0.4, 0.5) is 13.2 Å². The van der Waals surface area contributed by atoms with Crippen LogP contribution in [0.1, 0.15) is 0 Å². The Hall–Kier alpha value is -0.640. The lowest BCUT2D eigenvalue weighted by Gasteiger charge is -2.18. The number of rotatable bonds is 6. The smallest absolute Gasteiger partial charge is 0.399 e. The van der Waals surface area contributed by atoms with E-state index < -0.39 is 33.5 Å². The van der Waals surface area contributed by atoms with Gasteiger partial charge in [0, 0.05) is 17.8 Å². The average molecular weight is 294 g/mol. The number of alkyl halides is 3. The summed E-state index contributed by atoms with van der Waals surface area (Å²) in [7, 11) is -3.20. The van der Waals surface area contributed by atoms with Crippen LogP contribution in [0.2, 0.25) is 0 Å². The minimum atomic E-state index is -4.62. The maximum atomic E-state index is 12.4. The first kappa shape index (κ1) is 16.4. The van der Waals surface area contributed by atoms with E-state index in [1.807, 2.05) is 0 Å². The Morgan fingerprint density at radius 1 is 1.53 bits per heavy atom. The quantitative estimate of drug-likeness (QED) is 0.247. The lowest BCUT2D eigenvalue weighted by molar-refractivity contribution is -0.150. The second-order valence-corrected chi connectivity index (χ2v) is 6.73. The first-order valence-corrected chi connectivity index (χ1v) is 7.59. The normalized spacial score (nSPS) is 15.9. The molecule has 1 unspecified atom stereocenters. The number of hydrogen-bond donors (Lipinski definition) is 2. The topological polar surface area (TPSA) is 92.8 Å². The molecule has 0 aromatic carbocycles. The second-order valence-electron chi connectivity index (χ2n) is 3.32. The molecule has 0 aromatic rings. The van der Waals surface area contributed by atoms with Crippen molar-refractivity contribution in [1.29, 1.82) is 0 Å². The Bertz CT molecular complexity index is 367. The Kier molecular flexibility index (Phi) is 6.10. The van der Waals surface area contributed by atoms with Gasteiger partial charge in [-0.3, -0.25) is 0 Å². The van der Waals surface area contributed by atoms with Gasteiger partial charge in [0.1, 0.15) is 15.8 Å². The molecule has 0 spiro atoms. The van der Waals surface area contributed by atoms with Gasteiger partial charge in [-0.05, 0) is 0 Å². The molecule has 0 saturated heterocycles. The van der Waals surface area contributed by atoms with Crippen LogP contribution in [0.5, 0.6) is 0 Å². The molecule has 10 heteroatoms. The highest BCUT2D eigenvalue weighted by molar-refractivity contribution is 8.00. The van der Waals surface area contributed by atoms with E-state index in [1.165, 1.54) is 0 Å². The van der Waals surface area contributed by atoms with Crippen molar-refractivity contribution in [2.24, 2.45) is 16.8 Å². The number of halogens is 3. The lowest BCUT2D eigenvalue weighted by Crippen LogP contribution is -2.37. The van der Waals surface area contributed by atoms with Crippen LogP contribution in [0, 0.1) is 5.92 Å². The van der Waals surface area contributed by atoms with Crippen molar-refractivity contribution in [3.05, 3.63) is 0 Å². The minimum absolute atomic E-state index is 0.0319. The number of thioether (sulfide) groups is 1. The molecule has 0 aliphatic carbocycles. The van der Waals surface area contributed by atoms with Gasteiger partial charge >= 0.3 is 6.18 Å². The number of hydrogen-bond acceptors (Lipinski definition) is 5. The molecule has 0 aliphatic heterocycles. The molecular weight excluding hydrogens is 281 g/mol. The number of sulfone groups is 1. The molecule has 0 aliphatic rings. The largest absolute Gasteiger partial charge is 0.409 e. The van der Waals surface area contributed by atoms with Crippen LogP contribution in [0.3, 0.4) is 0 Å². The fourth-order valence-corrected chi connectivity index (χ4v) is 3.27. The monoisotopic (exact) mass is 294 g/mol. The maximum Gasteiger partial charge on any atom is 0.399 e. The molecule has 0 radical (unpaired) electrons. The molecule has 0 bridgehead atoms. The highest BCUT2D eigenvalue weighted by Crippen LogP contribution is 2.29. The third-order valence-corrected chi connectivity index (χ3v) is 4.02. The average Bonchev–Trinajstić information content (AvgIpc) is 2.13. The Morgan fingerprint density at radius 3 is 2.41 bits per heavy atom. The highest BCUT2D eigenvalue weighted by atomic mass is 32.2. The Balaban J connectivity index is 4.30. The molecule has 17 heavy (non-hydrogen) atoms. The Labute approximate surface area is 101 Å². The van der Waals surface area contributed by atoms with E-state index in [4.69, 9.17) is 10.9 Å². The Morgan fingerprint density at radius 2 is 2.06 bits per heavy atom. The van der Waals surface area contributed by atoms with Crippen molar-refractivity contribution in [3.8, 4) is 0 Å². The van der Waals surface area contributed by atoms with Crippen molar-refractivity contribution >= 4 is 27.4 Å². The van der Waals surface area contributed by atoms with Gasteiger partial charge in [-0.15, -0.1) is 0 Å². The first-order chi connectivity index (χ1) is 7.58. The summed E-state index contributed by atoms with van der Waals surface area (Å²) in [6.45, 7) is 0. The summed E-state index contributed by atoms with van der Waals surface area (Å²) in [6, 6.07) is 0. The van der Waals surface area contributed by atoms with Gasteiger partial charge in [-0.2, -0.15) is 24.9 Å². The molecule has 0 rings (SSSR count). The van der Waals surface area contributed by atoms with Crippen LogP contribution in [-0.2, 0) is 9.84 Å². The van der Waals surface area contributed by atoms with Gasteiger partial charge in [0.2, 0.25) is 0 Å². The minimum Gasteiger partial charge on any atom is -0.409 e. The van der Waals surface area contributed by atoms with Gasteiger partial charge in [0.05, 0.1) is 5.75 Å². The van der Waals surface area contributed by atoms with Crippen molar-refractivity contribution in [2.45, 2.75) is 6.18 Å². The van der Waals surface area contributed by atoms with Crippen LogP contribution in [-0.4, -0.2) is 49.2 Å². The molecule has 0 fully saturated rings. The summed E-state index contributed by atoms with van der Waals surface area (Å²) >= 11 is 0.788. The highest BCUT2D eigenvalue weighted by Gasteiger charge is 2.42. The lowest BCUT2D eigenvalue weighted by atomic mass is 10.1. The third-order valence-electron chi connectivity index (χ3n) is 1.75. The standard InChI is InChI=1S/C7H13F3N2O3S2/c1-17(14,15)3-2-16-4-5(6(11)12-13)7(8,9)10/h5,13H,2-4H2,1H3,(H2,11,12). The molecule has 1 atom stereocenters. The zero-order chi connectivity index (χ0) is 13.7. The predicted molar refractivity (Wildman–Crippen MR) is 60.0 cm³/mol. The second kappa shape index (κ2) is 6.34. The van der Waals surface area contributed by atoms with Crippen LogP contribution in [0.15, 0.2) is 5.16 Å². The number of nitrogens with two attached hydrogens (primary N) is 1. The van der Waals surface area contributed by atoms with Crippen molar-refractivity contribution in [3.63, 3.8) is 0 Å². The van der Waals surface area contributed by atoms with Gasteiger partial charge in [-0.1, -0.05) is 5.16 Å². The van der Waals surface area contributed by atoms with Gasteiger partial charge in [0.25, 0.3) is 0 Å². The summed E-state index contributed by atoms with van der Waals surface area (Å²) in [5.74, 6) is -3.65. The van der Waals surface area contributed by atoms with E-state index in [1.54, 1.807) is 0 Å². The SMILES string of the molecule is CS(=O)(=O)CCSCC(C(N)=NO)C(F)(F)F. The summed E-state index contributed by atoms with van der Waals surface area (Å²) in [4.78, 5) is 0. The van der Waals surface area contributed by atoms with Crippen molar-refractivity contribution in [2.75, 3.05) is 23.5 Å². The zero-order valence-electron chi connectivity index (χ0n) is 8.94. The summed E-state index contributed by atoms with van der Waals surface area (Å²) < 4.78 is 58.7. The van der Waals surface area contributed by atoms with E-state index >= 15 is 0 Å². The van der Waals surface area contributed by atoms with Crippen LogP contribution in [0.25, 0.3) is 0 Å². The summed E-state index contributed by atoms with van der Waals surface area (Å²) in [5.41, 5.74) is 4.92. The fourth-order valence-electron chi connectivity index (χ4n) is 0.829. The molecule has 0 heterocycles. The zero-order valence-corrected chi connectivity index (χ0v) is 10.6. The third kappa shape index (κ3) is 7.31. The number of amidine groups is 1. The van der Waals surface area contributed by atoms with E-state index in [0.717, 1.165) is 18.0 Å². The van der Waals surface area contributed by atoms with Crippen LogP contribution >= 0.6 is 11.8 Å². The van der Waals surface area contributed by atoms with E-state index in [0.29, 0.717) is 0 Å². The molecule has 5 nitrogen and oxygen atoms in total. The van der Waals surface area contributed by atoms with E-state index in [2.05, 4.69) is 5.16 Å². The summed E-state index contributed by atoms with van der Waals surface area (Å²) in [5, 5.41) is 10.5. The summed E-state index contributed by atoms with van der Waals surface area (Å²) in [6.07, 6.45) is -3.62. The van der Waals surface area contributed by atoms with E-state index in [9.17, 15) is 21.6 Å². The van der Waals surface area contributed by atoms with Crippen molar-refractivity contribution < 1.29 is 26.8 Å². The fraction of sp³-hybridized carbons (Fsp3) is 0.857. The molecule has 0 aromatic heterocycles. The number of nitrogens with zero attached hydrogens (tertiary/aromatic N) is 1. The molecule has 3 N–H and O–H groups in total.